The Morgan fingerprint density at radius 2 is 2.07 bits per heavy atom. The number of hydrogen-bond donors (Lipinski definition) is 2. The fourth-order valence-electron chi connectivity index (χ4n) is 2.50. The van der Waals surface area contributed by atoms with Gasteiger partial charge in [0.2, 0.25) is 0 Å². The van der Waals surface area contributed by atoms with Gasteiger partial charge in [-0.1, -0.05) is 53.4 Å². The molecule has 0 aromatic heterocycles. The Morgan fingerprint density at radius 3 is 2.73 bits per heavy atom. The molecular formula is C22H21BrClN3O3. The Kier molecular flexibility index (Phi) is 8.90. The standard InChI is InChI=1S/C22H21BrClN3O3/c1-4-10-30-19-9-8-17(23)11-16(19)13-25-27-22(29)20(14(2)3)26-21(28)15-6-5-7-18(24)12-15/h1,5-9,11-14,20H,10H2,2-3H3,(H,26,28)(H,27,29)/b25-13-. The van der Waals surface area contributed by atoms with Crippen LogP contribution in [0.4, 0.5) is 0 Å². The molecule has 2 N–H and O–H groups in total. The molecule has 1 atom stereocenters. The average molecular weight is 491 g/mol. The van der Waals surface area contributed by atoms with E-state index in [4.69, 9.17) is 22.8 Å². The van der Waals surface area contributed by atoms with Gasteiger partial charge in [-0.15, -0.1) is 6.42 Å². The summed E-state index contributed by atoms with van der Waals surface area (Å²) in [4.78, 5) is 25.1. The van der Waals surface area contributed by atoms with Crippen LogP contribution in [0.1, 0.15) is 29.8 Å². The first-order valence-corrected chi connectivity index (χ1v) is 10.2. The van der Waals surface area contributed by atoms with E-state index in [0.29, 0.717) is 21.9 Å². The second-order valence-electron chi connectivity index (χ2n) is 6.61. The Morgan fingerprint density at radius 1 is 1.30 bits per heavy atom. The van der Waals surface area contributed by atoms with E-state index in [2.05, 4.69) is 37.7 Å². The van der Waals surface area contributed by atoms with Gasteiger partial charge < -0.3 is 10.1 Å². The van der Waals surface area contributed by atoms with Gasteiger partial charge in [-0.3, -0.25) is 9.59 Å². The molecule has 0 saturated heterocycles. The van der Waals surface area contributed by atoms with Gasteiger partial charge in [0, 0.05) is 20.6 Å². The summed E-state index contributed by atoms with van der Waals surface area (Å²) in [6.07, 6.45) is 6.68. The quantitative estimate of drug-likeness (QED) is 0.333. The van der Waals surface area contributed by atoms with Gasteiger partial charge in [0.05, 0.1) is 6.21 Å². The molecule has 0 saturated carbocycles. The van der Waals surface area contributed by atoms with Crippen molar-refractivity contribution in [2.24, 2.45) is 11.0 Å². The smallest absolute Gasteiger partial charge is 0.262 e. The fourth-order valence-corrected chi connectivity index (χ4v) is 3.06. The number of benzene rings is 2. The number of hydrazone groups is 1. The van der Waals surface area contributed by atoms with Crippen LogP contribution in [0.2, 0.25) is 5.02 Å². The van der Waals surface area contributed by atoms with E-state index in [0.717, 1.165) is 4.47 Å². The van der Waals surface area contributed by atoms with Crippen LogP contribution in [0.15, 0.2) is 52.0 Å². The lowest BCUT2D eigenvalue weighted by molar-refractivity contribution is -0.123. The minimum Gasteiger partial charge on any atom is -0.480 e. The summed E-state index contributed by atoms with van der Waals surface area (Å²) >= 11 is 9.31. The van der Waals surface area contributed by atoms with Crippen LogP contribution in [0.5, 0.6) is 5.75 Å². The summed E-state index contributed by atoms with van der Waals surface area (Å²) in [5.74, 6) is 1.92. The van der Waals surface area contributed by atoms with Crippen molar-refractivity contribution in [3.05, 3.63) is 63.1 Å². The molecule has 0 fully saturated rings. The molecule has 0 aliphatic carbocycles. The minimum absolute atomic E-state index is 0.111. The van der Waals surface area contributed by atoms with Gasteiger partial charge in [-0.25, -0.2) is 5.43 Å². The van der Waals surface area contributed by atoms with Crippen LogP contribution >= 0.6 is 27.5 Å². The number of halogens is 2. The van der Waals surface area contributed by atoms with Crippen molar-refractivity contribution in [1.82, 2.24) is 10.7 Å². The molecule has 2 rings (SSSR count). The van der Waals surface area contributed by atoms with Crippen LogP contribution in [-0.2, 0) is 4.79 Å². The summed E-state index contributed by atoms with van der Waals surface area (Å²) in [7, 11) is 0. The summed E-state index contributed by atoms with van der Waals surface area (Å²) in [5, 5.41) is 7.16. The van der Waals surface area contributed by atoms with Crippen LogP contribution < -0.4 is 15.5 Å². The predicted molar refractivity (Wildman–Crippen MR) is 122 cm³/mol. The van der Waals surface area contributed by atoms with Crippen molar-refractivity contribution in [2.75, 3.05) is 6.61 Å². The Labute approximate surface area is 189 Å². The Hall–Kier alpha value is -2.82. The maximum atomic E-state index is 12.6. The SMILES string of the molecule is C#CCOc1ccc(Br)cc1/C=N\NC(=O)C(NC(=O)c1cccc(Cl)c1)C(C)C. The highest BCUT2D eigenvalue weighted by Crippen LogP contribution is 2.21. The van der Waals surface area contributed by atoms with Gasteiger partial charge in [-0.2, -0.15) is 5.10 Å². The Bertz CT molecular complexity index is 986. The van der Waals surface area contributed by atoms with E-state index in [1.54, 1.807) is 30.3 Å². The van der Waals surface area contributed by atoms with Gasteiger partial charge in [-0.05, 0) is 42.3 Å². The predicted octanol–water partition coefficient (Wildman–Crippen LogP) is 4.02. The number of ether oxygens (including phenoxy) is 1. The number of nitrogens with one attached hydrogen (secondary N) is 2. The number of carbonyl (C=O) groups is 2. The van der Waals surface area contributed by atoms with Crippen molar-refractivity contribution in [3.63, 3.8) is 0 Å². The molecular weight excluding hydrogens is 470 g/mol. The molecule has 8 heteroatoms. The van der Waals surface area contributed by atoms with Gasteiger partial charge in [0.25, 0.3) is 11.8 Å². The van der Waals surface area contributed by atoms with E-state index in [1.807, 2.05) is 19.9 Å². The molecule has 156 valence electrons. The first kappa shape index (κ1) is 23.5. The van der Waals surface area contributed by atoms with Crippen molar-refractivity contribution in [2.45, 2.75) is 19.9 Å². The average Bonchev–Trinajstić information content (AvgIpc) is 2.70. The number of rotatable bonds is 8. The molecule has 1 unspecified atom stereocenters. The zero-order valence-electron chi connectivity index (χ0n) is 16.5. The Balaban J connectivity index is 2.08. The third-order valence-corrected chi connectivity index (χ3v) is 4.71. The third-order valence-electron chi connectivity index (χ3n) is 3.98. The molecule has 2 amide bonds. The highest BCUT2D eigenvalue weighted by molar-refractivity contribution is 9.10. The maximum absolute atomic E-state index is 12.6. The molecule has 0 aliphatic heterocycles. The second-order valence-corrected chi connectivity index (χ2v) is 7.97. The number of nitrogens with zero attached hydrogens (tertiary/aromatic N) is 1. The van der Waals surface area contributed by atoms with Crippen molar-refractivity contribution in [1.29, 1.82) is 0 Å². The highest BCUT2D eigenvalue weighted by atomic mass is 79.9. The van der Waals surface area contributed by atoms with Crippen LogP contribution in [-0.4, -0.2) is 30.7 Å². The van der Waals surface area contributed by atoms with Crippen LogP contribution in [0, 0.1) is 18.3 Å². The molecule has 0 bridgehead atoms. The number of amides is 2. The van der Waals surface area contributed by atoms with Crippen molar-refractivity contribution >= 4 is 45.6 Å². The van der Waals surface area contributed by atoms with E-state index in [9.17, 15) is 9.59 Å². The zero-order chi connectivity index (χ0) is 22.1. The number of carbonyl (C=O) groups excluding carboxylic acids is 2. The summed E-state index contributed by atoms with van der Waals surface area (Å²) in [5.41, 5.74) is 3.46. The monoisotopic (exact) mass is 489 g/mol. The van der Waals surface area contributed by atoms with E-state index < -0.39 is 17.9 Å². The molecule has 30 heavy (non-hydrogen) atoms. The van der Waals surface area contributed by atoms with Gasteiger partial charge >= 0.3 is 0 Å². The summed E-state index contributed by atoms with van der Waals surface area (Å²) in [6.45, 7) is 3.76. The van der Waals surface area contributed by atoms with Gasteiger partial charge in [0.1, 0.15) is 18.4 Å². The molecule has 0 aliphatic rings. The first-order chi connectivity index (χ1) is 14.3. The molecule has 0 heterocycles. The lowest BCUT2D eigenvalue weighted by atomic mass is 10.0. The van der Waals surface area contributed by atoms with E-state index in [-0.39, 0.29) is 12.5 Å². The van der Waals surface area contributed by atoms with Crippen molar-refractivity contribution in [3.8, 4) is 18.1 Å². The largest absolute Gasteiger partial charge is 0.480 e. The highest BCUT2D eigenvalue weighted by Gasteiger charge is 2.24. The van der Waals surface area contributed by atoms with Gasteiger partial charge in [0.15, 0.2) is 0 Å². The van der Waals surface area contributed by atoms with E-state index in [1.165, 1.54) is 12.3 Å². The summed E-state index contributed by atoms with van der Waals surface area (Å²) < 4.78 is 6.28. The van der Waals surface area contributed by atoms with E-state index >= 15 is 0 Å². The maximum Gasteiger partial charge on any atom is 0.262 e. The molecule has 2 aromatic rings. The lowest BCUT2D eigenvalue weighted by Crippen LogP contribution is -2.48. The normalized spacial score (nSPS) is 11.7. The van der Waals surface area contributed by atoms with Crippen LogP contribution in [0.25, 0.3) is 0 Å². The second kappa shape index (κ2) is 11.4. The number of terminal acetylenes is 1. The molecule has 6 nitrogen and oxygen atoms in total. The lowest BCUT2D eigenvalue weighted by Gasteiger charge is -2.20. The molecule has 0 radical (unpaired) electrons. The third kappa shape index (κ3) is 6.90. The van der Waals surface area contributed by atoms with Crippen LogP contribution in [0.3, 0.4) is 0 Å². The summed E-state index contributed by atoms with van der Waals surface area (Å²) in [6, 6.07) is 11.0. The molecule has 0 spiro atoms. The number of hydrogen-bond acceptors (Lipinski definition) is 4. The first-order valence-electron chi connectivity index (χ1n) is 9.07. The fraction of sp³-hybridized carbons (Fsp3) is 0.227. The zero-order valence-corrected chi connectivity index (χ0v) is 18.8. The molecule has 2 aromatic carbocycles. The van der Waals surface area contributed by atoms with Crippen molar-refractivity contribution < 1.29 is 14.3 Å². The minimum atomic E-state index is -0.784. The topological polar surface area (TPSA) is 79.8 Å².